The number of urea groups is 1. The number of hydroxylamine groups is 1. The zero-order valence-electron chi connectivity index (χ0n) is 10.8. The zero-order chi connectivity index (χ0) is 14.2. The Morgan fingerprint density at radius 2 is 1.75 bits per heavy atom. The number of halogens is 1. The molecule has 0 spiro atoms. The molecule has 0 aliphatic heterocycles. The normalized spacial score (nSPS) is 10.1. The van der Waals surface area contributed by atoms with Gasteiger partial charge in [-0.2, -0.15) is 0 Å². The van der Waals surface area contributed by atoms with E-state index >= 15 is 0 Å². The van der Waals surface area contributed by atoms with Crippen LogP contribution in [0.25, 0.3) is 0 Å². The Bertz CT molecular complexity index is 561. The highest BCUT2D eigenvalue weighted by Crippen LogP contribution is 2.14. The molecule has 0 aliphatic carbocycles. The van der Waals surface area contributed by atoms with Gasteiger partial charge in [-0.15, -0.1) is 0 Å². The van der Waals surface area contributed by atoms with Gasteiger partial charge in [0.25, 0.3) is 0 Å². The second kappa shape index (κ2) is 7.53. The molecule has 0 unspecified atom stereocenters. The van der Waals surface area contributed by atoms with Gasteiger partial charge in [-0.05, 0) is 17.2 Å². The van der Waals surface area contributed by atoms with Crippen molar-refractivity contribution in [2.45, 2.75) is 13.2 Å². The minimum Gasteiger partial charge on any atom is -0.332 e. The number of rotatable bonds is 5. The highest BCUT2D eigenvalue weighted by atomic mass is 35.5. The lowest BCUT2D eigenvalue weighted by atomic mass is 10.2. The van der Waals surface area contributed by atoms with E-state index in [0.29, 0.717) is 18.2 Å². The second-order valence-corrected chi connectivity index (χ2v) is 4.56. The van der Waals surface area contributed by atoms with E-state index < -0.39 is 6.03 Å². The summed E-state index contributed by atoms with van der Waals surface area (Å²) in [7, 11) is 0. The number of benzene rings is 2. The number of nitrogens with one attached hydrogen (secondary N) is 2. The van der Waals surface area contributed by atoms with Crippen LogP contribution in [0, 0.1) is 0 Å². The largest absolute Gasteiger partial charge is 0.338 e. The second-order valence-electron chi connectivity index (χ2n) is 4.15. The van der Waals surface area contributed by atoms with Gasteiger partial charge in [0.05, 0.1) is 6.61 Å². The van der Waals surface area contributed by atoms with Gasteiger partial charge in [0.2, 0.25) is 0 Å². The summed E-state index contributed by atoms with van der Waals surface area (Å²) in [4.78, 5) is 16.6. The molecule has 0 radical (unpaired) electrons. The molecule has 0 aliphatic rings. The van der Waals surface area contributed by atoms with Crippen LogP contribution in [0.4, 0.5) is 4.79 Å². The van der Waals surface area contributed by atoms with Gasteiger partial charge < -0.3 is 5.32 Å². The Hall–Kier alpha value is -2.04. The van der Waals surface area contributed by atoms with E-state index in [0.717, 1.165) is 11.1 Å². The number of amides is 2. The third kappa shape index (κ3) is 4.57. The number of hydrogen-bond donors (Lipinski definition) is 2. The SMILES string of the molecule is O=C(NCc1ccccc1Cl)NOCc1ccccc1. The van der Waals surface area contributed by atoms with Crippen molar-refractivity contribution in [3.05, 3.63) is 70.7 Å². The molecule has 20 heavy (non-hydrogen) atoms. The molecular weight excluding hydrogens is 276 g/mol. The molecule has 2 N–H and O–H groups in total. The maximum absolute atomic E-state index is 11.5. The van der Waals surface area contributed by atoms with Crippen LogP contribution < -0.4 is 10.8 Å². The van der Waals surface area contributed by atoms with Gasteiger partial charge in [0.1, 0.15) is 0 Å². The first-order valence-corrected chi connectivity index (χ1v) is 6.56. The van der Waals surface area contributed by atoms with Crippen LogP contribution in [0.2, 0.25) is 5.02 Å². The topological polar surface area (TPSA) is 50.4 Å². The molecule has 0 saturated heterocycles. The summed E-state index contributed by atoms with van der Waals surface area (Å²) < 4.78 is 0. The van der Waals surface area contributed by atoms with Crippen LogP contribution in [0.15, 0.2) is 54.6 Å². The summed E-state index contributed by atoms with van der Waals surface area (Å²) in [6, 6.07) is 16.5. The maximum atomic E-state index is 11.5. The maximum Gasteiger partial charge on any atom is 0.338 e. The van der Waals surface area contributed by atoms with Gasteiger partial charge >= 0.3 is 6.03 Å². The van der Waals surface area contributed by atoms with Gasteiger partial charge in [0, 0.05) is 11.6 Å². The van der Waals surface area contributed by atoms with Gasteiger partial charge in [-0.1, -0.05) is 60.1 Å². The van der Waals surface area contributed by atoms with Crippen molar-refractivity contribution in [2.24, 2.45) is 0 Å². The standard InChI is InChI=1S/C15H15ClN2O2/c16-14-9-5-4-8-13(14)10-17-15(19)18-20-11-12-6-2-1-3-7-12/h1-9H,10-11H2,(H2,17,18,19). The van der Waals surface area contributed by atoms with E-state index in [1.165, 1.54) is 0 Å². The van der Waals surface area contributed by atoms with Crippen LogP contribution in [-0.4, -0.2) is 6.03 Å². The van der Waals surface area contributed by atoms with Crippen LogP contribution >= 0.6 is 11.6 Å². The van der Waals surface area contributed by atoms with Crippen LogP contribution in [-0.2, 0) is 18.0 Å². The lowest BCUT2D eigenvalue weighted by Gasteiger charge is -2.08. The highest BCUT2D eigenvalue weighted by molar-refractivity contribution is 6.31. The van der Waals surface area contributed by atoms with Crippen molar-refractivity contribution < 1.29 is 9.63 Å². The first kappa shape index (κ1) is 14.4. The first-order valence-electron chi connectivity index (χ1n) is 6.18. The molecule has 4 nitrogen and oxygen atoms in total. The summed E-state index contributed by atoms with van der Waals surface area (Å²) in [5.74, 6) is 0. The fourth-order valence-corrected chi connectivity index (χ4v) is 1.82. The molecule has 0 aromatic heterocycles. The van der Waals surface area contributed by atoms with Crippen LogP contribution in [0.5, 0.6) is 0 Å². The number of hydrogen-bond acceptors (Lipinski definition) is 2. The van der Waals surface area contributed by atoms with E-state index in [1.807, 2.05) is 48.5 Å². The third-order valence-corrected chi connectivity index (χ3v) is 3.01. The third-order valence-electron chi connectivity index (χ3n) is 2.64. The lowest BCUT2D eigenvalue weighted by Crippen LogP contribution is -2.34. The van der Waals surface area contributed by atoms with Crippen LogP contribution in [0.1, 0.15) is 11.1 Å². The summed E-state index contributed by atoms with van der Waals surface area (Å²) >= 11 is 5.99. The molecule has 2 rings (SSSR count). The van der Waals surface area contributed by atoms with E-state index in [4.69, 9.17) is 16.4 Å². The van der Waals surface area contributed by atoms with Gasteiger partial charge in [0.15, 0.2) is 0 Å². The van der Waals surface area contributed by atoms with Crippen LogP contribution in [0.3, 0.4) is 0 Å². The Morgan fingerprint density at radius 1 is 1.05 bits per heavy atom. The fourth-order valence-electron chi connectivity index (χ4n) is 1.61. The van der Waals surface area contributed by atoms with Crippen molar-refractivity contribution in [1.29, 1.82) is 0 Å². The van der Waals surface area contributed by atoms with E-state index in [9.17, 15) is 4.79 Å². The smallest absolute Gasteiger partial charge is 0.332 e. The minimum atomic E-state index is -0.402. The molecule has 0 fully saturated rings. The Balaban J connectivity index is 1.70. The Morgan fingerprint density at radius 3 is 2.50 bits per heavy atom. The number of carbonyl (C=O) groups is 1. The molecule has 0 saturated carbocycles. The number of carbonyl (C=O) groups excluding carboxylic acids is 1. The monoisotopic (exact) mass is 290 g/mol. The van der Waals surface area contributed by atoms with Crippen molar-refractivity contribution in [1.82, 2.24) is 10.8 Å². The quantitative estimate of drug-likeness (QED) is 0.830. The molecule has 2 amide bonds. The van der Waals surface area contributed by atoms with E-state index in [2.05, 4.69) is 10.8 Å². The average molecular weight is 291 g/mol. The molecule has 2 aromatic carbocycles. The molecule has 0 atom stereocenters. The van der Waals surface area contributed by atoms with Crippen molar-refractivity contribution >= 4 is 17.6 Å². The zero-order valence-corrected chi connectivity index (χ0v) is 11.6. The summed E-state index contributed by atoms with van der Waals surface area (Å²) in [6.45, 7) is 0.667. The Kier molecular flexibility index (Phi) is 5.41. The molecular formula is C15H15ClN2O2. The fraction of sp³-hybridized carbons (Fsp3) is 0.133. The summed E-state index contributed by atoms with van der Waals surface area (Å²) in [5.41, 5.74) is 4.17. The van der Waals surface area contributed by atoms with Gasteiger partial charge in [-0.3, -0.25) is 4.84 Å². The average Bonchev–Trinajstić information content (AvgIpc) is 2.47. The van der Waals surface area contributed by atoms with Crippen molar-refractivity contribution in [2.75, 3.05) is 0 Å². The van der Waals surface area contributed by atoms with E-state index in [1.54, 1.807) is 6.07 Å². The molecule has 104 valence electrons. The van der Waals surface area contributed by atoms with E-state index in [-0.39, 0.29) is 0 Å². The first-order chi connectivity index (χ1) is 9.75. The van der Waals surface area contributed by atoms with Crippen molar-refractivity contribution in [3.63, 3.8) is 0 Å². The Labute approximate surface area is 122 Å². The van der Waals surface area contributed by atoms with Gasteiger partial charge in [-0.25, -0.2) is 10.3 Å². The highest BCUT2D eigenvalue weighted by Gasteiger charge is 2.03. The molecule has 2 aromatic rings. The molecule has 0 bridgehead atoms. The molecule has 0 heterocycles. The lowest BCUT2D eigenvalue weighted by molar-refractivity contribution is 0.0490. The molecule has 5 heteroatoms. The van der Waals surface area contributed by atoms with Crippen molar-refractivity contribution in [3.8, 4) is 0 Å². The predicted octanol–water partition coefficient (Wildman–Crippen LogP) is 3.27. The minimum absolute atomic E-state index is 0.320. The predicted molar refractivity (Wildman–Crippen MR) is 78.1 cm³/mol. The summed E-state index contributed by atoms with van der Waals surface area (Å²) in [6.07, 6.45) is 0. The summed E-state index contributed by atoms with van der Waals surface area (Å²) in [5, 5.41) is 3.29.